The summed E-state index contributed by atoms with van der Waals surface area (Å²) in [5.41, 5.74) is 2.38. The lowest BCUT2D eigenvalue weighted by atomic mass is 10.1. The summed E-state index contributed by atoms with van der Waals surface area (Å²) in [5, 5.41) is 11.7. The maximum Gasteiger partial charge on any atom is 0.379 e. The van der Waals surface area contributed by atoms with Gasteiger partial charge in [0.1, 0.15) is 5.69 Å². The molecule has 0 aliphatic rings. The molecule has 1 aromatic heterocycles. The van der Waals surface area contributed by atoms with Gasteiger partial charge in [0.15, 0.2) is 0 Å². The number of carboxylic acid groups (broad SMARTS) is 1. The third kappa shape index (κ3) is 5.59. The van der Waals surface area contributed by atoms with E-state index in [0.29, 0.717) is 18.5 Å². The van der Waals surface area contributed by atoms with Crippen LogP contribution in [0.1, 0.15) is 33.7 Å². The monoisotopic (exact) mass is 388 g/mol. The van der Waals surface area contributed by atoms with Gasteiger partial charge in [-0.2, -0.15) is 0 Å². The number of aliphatic carboxylic acids is 1. The molecule has 0 saturated carbocycles. The molecule has 0 spiro atoms. The highest BCUT2D eigenvalue weighted by Crippen LogP contribution is 2.18. The summed E-state index contributed by atoms with van der Waals surface area (Å²) < 4.78 is 0. The molecule has 3 aromatic rings. The molecule has 2 N–H and O–H groups in total. The van der Waals surface area contributed by atoms with Crippen LogP contribution in [0.2, 0.25) is 0 Å². The first-order valence-electron chi connectivity index (χ1n) is 9.18. The topological polar surface area (TPSA) is 96.4 Å². The van der Waals surface area contributed by atoms with Crippen molar-refractivity contribution in [3.63, 3.8) is 0 Å². The van der Waals surface area contributed by atoms with Crippen molar-refractivity contribution >= 4 is 23.3 Å². The minimum absolute atomic E-state index is 0.104. The number of nitrogens with zero attached hydrogens (tertiary/aromatic N) is 1. The van der Waals surface area contributed by atoms with Crippen molar-refractivity contribution in [1.82, 2.24) is 4.98 Å². The second-order valence-electron chi connectivity index (χ2n) is 6.53. The van der Waals surface area contributed by atoms with Crippen molar-refractivity contribution < 1.29 is 19.5 Å². The van der Waals surface area contributed by atoms with Gasteiger partial charge in [-0.25, -0.2) is 9.78 Å². The molecule has 0 atom stereocenters. The molecule has 0 saturated heterocycles. The summed E-state index contributed by atoms with van der Waals surface area (Å²) in [6.45, 7) is 0. The fraction of sp³-hybridized carbons (Fsp3) is 0.130. The van der Waals surface area contributed by atoms with Gasteiger partial charge in [0.25, 0.3) is 5.78 Å². The largest absolute Gasteiger partial charge is 0.475 e. The number of hydrogen-bond acceptors (Lipinski definition) is 4. The summed E-state index contributed by atoms with van der Waals surface area (Å²) >= 11 is 0. The first-order valence-corrected chi connectivity index (χ1v) is 9.18. The van der Waals surface area contributed by atoms with Crippen LogP contribution in [0, 0.1) is 0 Å². The van der Waals surface area contributed by atoms with E-state index in [1.807, 2.05) is 60.7 Å². The smallest absolute Gasteiger partial charge is 0.379 e. The van der Waals surface area contributed by atoms with Gasteiger partial charge in [-0.3, -0.25) is 9.59 Å². The number of nitrogens with one attached hydrogen (secondary N) is 1. The molecule has 0 aliphatic carbocycles. The zero-order chi connectivity index (χ0) is 20.6. The Morgan fingerprint density at radius 2 is 1.45 bits per heavy atom. The lowest BCUT2D eigenvalue weighted by Gasteiger charge is -2.11. The summed E-state index contributed by atoms with van der Waals surface area (Å²) in [6.07, 6.45) is 1.19. The number of aromatic nitrogens is 1. The van der Waals surface area contributed by atoms with Gasteiger partial charge >= 0.3 is 5.97 Å². The predicted octanol–water partition coefficient (Wildman–Crippen LogP) is 3.51. The van der Waals surface area contributed by atoms with E-state index in [2.05, 4.69) is 10.3 Å². The van der Waals surface area contributed by atoms with Crippen LogP contribution < -0.4 is 5.32 Å². The number of rotatable bonds is 8. The molecule has 3 rings (SSSR count). The molecular weight excluding hydrogens is 368 g/mol. The normalized spacial score (nSPS) is 10.3. The molecule has 6 nitrogen and oxygen atoms in total. The van der Waals surface area contributed by atoms with Gasteiger partial charge < -0.3 is 10.4 Å². The van der Waals surface area contributed by atoms with Crippen LogP contribution >= 0.6 is 0 Å². The highest BCUT2D eigenvalue weighted by molar-refractivity contribution is 6.40. The van der Waals surface area contributed by atoms with E-state index >= 15 is 0 Å². The zero-order valence-electron chi connectivity index (χ0n) is 15.7. The fourth-order valence-electron chi connectivity index (χ4n) is 2.89. The average molecular weight is 388 g/mol. The maximum absolute atomic E-state index is 12.3. The first kappa shape index (κ1) is 19.9. The Labute approximate surface area is 168 Å². The molecule has 0 unspecified atom stereocenters. The molecule has 0 aliphatic heterocycles. The number of aryl methyl sites for hydroxylation is 1. The van der Waals surface area contributed by atoms with Gasteiger partial charge in [-0.15, -0.1) is 0 Å². The van der Waals surface area contributed by atoms with Crippen molar-refractivity contribution in [3.8, 4) is 0 Å². The van der Waals surface area contributed by atoms with Crippen molar-refractivity contribution in [3.05, 3.63) is 95.3 Å². The van der Waals surface area contributed by atoms with Crippen molar-refractivity contribution in [2.75, 3.05) is 5.32 Å². The number of carbonyl (C=O) groups excluding carboxylic acids is 2. The van der Waals surface area contributed by atoms with Crippen LogP contribution in [-0.2, 0) is 22.4 Å². The van der Waals surface area contributed by atoms with Gasteiger partial charge in [-0.1, -0.05) is 60.7 Å². The van der Waals surface area contributed by atoms with Gasteiger partial charge in [-0.05, 0) is 29.7 Å². The molecular formula is C23H20N2O4. The number of benzene rings is 2. The van der Waals surface area contributed by atoms with E-state index in [-0.39, 0.29) is 23.7 Å². The lowest BCUT2D eigenvalue weighted by Crippen LogP contribution is -2.21. The highest BCUT2D eigenvalue weighted by Gasteiger charge is 2.22. The van der Waals surface area contributed by atoms with E-state index in [0.717, 1.165) is 11.1 Å². The number of carbonyl (C=O) groups is 3. The van der Waals surface area contributed by atoms with Crippen molar-refractivity contribution in [2.45, 2.75) is 19.3 Å². The summed E-state index contributed by atoms with van der Waals surface area (Å²) in [4.78, 5) is 39.9. The minimum Gasteiger partial charge on any atom is -0.475 e. The number of pyridine rings is 1. The predicted molar refractivity (Wildman–Crippen MR) is 109 cm³/mol. The van der Waals surface area contributed by atoms with E-state index < -0.39 is 11.8 Å². The third-order valence-electron chi connectivity index (χ3n) is 4.35. The van der Waals surface area contributed by atoms with E-state index in [1.165, 1.54) is 6.07 Å². The Morgan fingerprint density at radius 3 is 2.07 bits per heavy atom. The van der Waals surface area contributed by atoms with E-state index in [4.69, 9.17) is 5.11 Å². The minimum atomic E-state index is -1.62. The Kier molecular flexibility index (Phi) is 6.47. The Morgan fingerprint density at radius 1 is 0.828 bits per heavy atom. The highest BCUT2D eigenvalue weighted by atomic mass is 16.4. The fourth-order valence-corrected chi connectivity index (χ4v) is 2.89. The molecule has 29 heavy (non-hydrogen) atoms. The quantitative estimate of drug-likeness (QED) is 0.455. The molecule has 1 heterocycles. The van der Waals surface area contributed by atoms with Crippen molar-refractivity contribution in [2.24, 2.45) is 0 Å². The lowest BCUT2D eigenvalue weighted by molar-refractivity contribution is -0.131. The number of ketones is 1. The zero-order valence-corrected chi connectivity index (χ0v) is 15.7. The SMILES string of the molecule is O=C(CCc1ccccc1)Nc1ccc(Cc2ccccc2)nc1C(=O)C(=O)O. The van der Waals surface area contributed by atoms with Crippen LogP contribution in [0.25, 0.3) is 0 Å². The van der Waals surface area contributed by atoms with Crippen molar-refractivity contribution in [1.29, 1.82) is 0 Å². The second-order valence-corrected chi connectivity index (χ2v) is 6.53. The second kappa shape index (κ2) is 9.41. The average Bonchev–Trinajstić information content (AvgIpc) is 2.74. The Balaban J connectivity index is 1.76. The molecule has 146 valence electrons. The third-order valence-corrected chi connectivity index (χ3v) is 4.35. The number of Topliss-reactive ketones (excluding diaryl/α,β-unsaturated/α-hetero) is 1. The van der Waals surface area contributed by atoms with E-state index in [1.54, 1.807) is 6.07 Å². The maximum atomic E-state index is 12.3. The van der Waals surface area contributed by atoms with Gasteiger partial charge in [0.2, 0.25) is 5.91 Å². The molecule has 0 bridgehead atoms. The van der Waals surface area contributed by atoms with E-state index in [9.17, 15) is 14.4 Å². The van der Waals surface area contributed by atoms with Crippen LogP contribution in [0.5, 0.6) is 0 Å². The summed E-state index contributed by atoms with van der Waals surface area (Å²) in [6, 6.07) is 22.2. The Bertz CT molecular complexity index is 1020. The number of carboxylic acids is 1. The molecule has 2 aromatic carbocycles. The van der Waals surface area contributed by atoms with Crippen LogP contribution in [0.4, 0.5) is 5.69 Å². The number of amides is 1. The molecule has 0 fully saturated rings. The Hall–Kier alpha value is -3.80. The number of anilines is 1. The number of hydrogen-bond donors (Lipinski definition) is 2. The summed E-state index contributed by atoms with van der Waals surface area (Å²) in [5.74, 6) is -3.08. The molecule has 6 heteroatoms. The summed E-state index contributed by atoms with van der Waals surface area (Å²) in [7, 11) is 0. The molecule has 0 radical (unpaired) electrons. The first-order chi connectivity index (χ1) is 14.0. The van der Waals surface area contributed by atoms with Crippen LogP contribution in [0.3, 0.4) is 0 Å². The molecule has 1 amide bonds. The van der Waals surface area contributed by atoms with Gasteiger partial charge in [0.05, 0.1) is 5.69 Å². The van der Waals surface area contributed by atoms with Crippen LogP contribution in [0.15, 0.2) is 72.8 Å². The standard InChI is InChI=1S/C23H20N2O4/c26-20(14-11-16-7-3-1-4-8-16)25-19-13-12-18(15-17-9-5-2-6-10-17)24-21(19)22(27)23(28)29/h1-10,12-13H,11,14-15H2,(H,25,26)(H,28,29). The van der Waals surface area contributed by atoms with Crippen LogP contribution in [-0.4, -0.2) is 27.8 Å². The van der Waals surface area contributed by atoms with Gasteiger partial charge in [0, 0.05) is 18.5 Å².